The van der Waals surface area contributed by atoms with E-state index in [-0.39, 0.29) is 0 Å². The summed E-state index contributed by atoms with van der Waals surface area (Å²) in [6, 6.07) is 1.52. The van der Waals surface area contributed by atoms with Gasteiger partial charge in [-0.15, -0.1) is 0 Å². The Bertz CT molecular complexity index is 249. The summed E-state index contributed by atoms with van der Waals surface area (Å²) in [6.07, 6.45) is 6.91. The van der Waals surface area contributed by atoms with E-state index in [1.807, 2.05) is 0 Å². The first-order chi connectivity index (χ1) is 9.20. The van der Waals surface area contributed by atoms with Gasteiger partial charge in [-0.05, 0) is 65.6 Å². The highest BCUT2D eigenvalue weighted by Crippen LogP contribution is 2.23. The first-order valence-electron chi connectivity index (χ1n) is 8.30. The molecule has 0 aliphatic carbocycles. The summed E-state index contributed by atoms with van der Waals surface area (Å²) in [5, 5.41) is 0. The second-order valence-corrected chi connectivity index (χ2v) is 6.49. The molecule has 0 saturated carbocycles. The molecule has 112 valence electrons. The number of rotatable bonds is 5. The predicted octanol–water partition coefficient (Wildman–Crippen LogP) is 2.75. The second kappa shape index (κ2) is 7.61. The lowest BCUT2D eigenvalue weighted by Crippen LogP contribution is -2.51. The Morgan fingerprint density at radius 3 is 2.47 bits per heavy atom. The minimum Gasteiger partial charge on any atom is -0.377 e. The fourth-order valence-corrected chi connectivity index (χ4v) is 3.49. The fourth-order valence-electron chi connectivity index (χ4n) is 3.49. The third-order valence-electron chi connectivity index (χ3n) is 4.71. The van der Waals surface area contributed by atoms with E-state index in [0.717, 1.165) is 19.1 Å². The minimum atomic E-state index is 0.497. The molecule has 0 bridgehead atoms. The van der Waals surface area contributed by atoms with Gasteiger partial charge >= 0.3 is 0 Å². The lowest BCUT2D eigenvalue weighted by molar-refractivity contribution is -0.0228. The molecular weight excluding hydrogens is 236 g/mol. The maximum absolute atomic E-state index is 5.96. The Balaban J connectivity index is 1.75. The molecule has 0 aromatic rings. The zero-order valence-corrected chi connectivity index (χ0v) is 13.1. The molecule has 2 fully saturated rings. The standard InChI is InChI=1S/C16H32N2O/c1-4-12-19-16-6-5-9-18(13-16)15-7-10-17(11-8-15)14(2)3/h14-16H,4-13H2,1-3H3. The highest BCUT2D eigenvalue weighted by Gasteiger charge is 2.29. The summed E-state index contributed by atoms with van der Waals surface area (Å²) in [4.78, 5) is 5.33. The Morgan fingerprint density at radius 1 is 1.11 bits per heavy atom. The van der Waals surface area contributed by atoms with E-state index in [9.17, 15) is 0 Å². The molecule has 2 heterocycles. The molecule has 3 nitrogen and oxygen atoms in total. The zero-order valence-electron chi connectivity index (χ0n) is 13.1. The van der Waals surface area contributed by atoms with Gasteiger partial charge in [0, 0.05) is 25.2 Å². The van der Waals surface area contributed by atoms with Crippen LogP contribution in [-0.4, -0.2) is 60.8 Å². The molecule has 0 N–H and O–H groups in total. The molecule has 0 amide bonds. The van der Waals surface area contributed by atoms with Gasteiger partial charge < -0.3 is 9.64 Å². The van der Waals surface area contributed by atoms with E-state index in [2.05, 4.69) is 30.6 Å². The Labute approximate surface area is 119 Å². The summed E-state index contributed by atoms with van der Waals surface area (Å²) in [6.45, 7) is 12.8. The smallest absolute Gasteiger partial charge is 0.0702 e. The number of piperidine rings is 2. The molecule has 2 rings (SSSR count). The molecule has 0 radical (unpaired) electrons. The number of nitrogens with zero attached hydrogens (tertiary/aromatic N) is 2. The van der Waals surface area contributed by atoms with Crippen molar-refractivity contribution in [2.24, 2.45) is 0 Å². The van der Waals surface area contributed by atoms with Gasteiger partial charge in [0.15, 0.2) is 0 Å². The lowest BCUT2D eigenvalue weighted by atomic mass is 9.98. The van der Waals surface area contributed by atoms with E-state index in [0.29, 0.717) is 12.1 Å². The maximum Gasteiger partial charge on any atom is 0.0702 e. The van der Waals surface area contributed by atoms with Gasteiger partial charge in [-0.25, -0.2) is 0 Å². The molecular formula is C16H32N2O. The third-order valence-corrected chi connectivity index (χ3v) is 4.71. The van der Waals surface area contributed by atoms with Crippen molar-refractivity contribution in [2.75, 3.05) is 32.8 Å². The van der Waals surface area contributed by atoms with Crippen LogP contribution in [0.4, 0.5) is 0 Å². The normalized spacial score (nSPS) is 28.1. The molecule has 3 heteroatoms. The van der Waals surface area contributed by atoms with Crippen molar-refractivity contribution in [3.63, 3.8) is 0 Å². The maximum atomic E-state index is 5.96. The van der Waals surface area contributed by atoms with Crippen molar-refractivity contribution in [2.45, 2.75) is 71.1 Å². The van der Waals surface area contributed by atoms with E-state index in [1.165, 1.54) is 51.9 Å². The van der Waals surface area contributed by atoms with Crippen molar-refractivity contribution in [3.8, 4) is 0 Å². The SMILES string of the molecule is CCCOC1CCCN(C2CCN(C(C)C)CC2)C1. The van der Waals surface area contributed by atoms with Crippen molar-refractivity contribution < 1.29 is 4.74 Å². The summed E-state index contributed by atoms with van der Waals surface area (Å²) in [7, 11) is 0. The molecule has 2 aliphatic rings. The van der Waals surface area contributed by atoms with Crippen LogP contribution in [0.5, 0.6) is 0 Å². The number of hydrogen-bond acceptors (Lipinski definition) is 3. The van der Waals surface area contributed by atoms with Gasteiger partial charge in [0.2, 0.25) is 0 Å². The molecule has 0 aromatic carbocycles. The van der Waals surface area contributed by atoms with Crippen LogP contribution in [0.2, 0.25) is 0 Å². The monoisotopic (exact) mass is 268 g/mol. The van der Waals surface area contributed by atoms with E-state index in [4.69, 9.17) is 4.74 Å². The van der Waals surface area contributed by atoms with Crippen molar-refractivity contribution >= 4 is 0 Å². The zero-order chi connectivity index (χ0) is 13.7. The number of likely N-dealkylation sites (tertiary alicyclic amines) is 2. The number of ether oxygens (including phenoxy) is 1. The largest absolute Gasteiger partial charge is 0.377 e. The van der Waals surface area contributed by atoms with E-state index in [1.54, 1.807) is 0 Å². The average Bonchev–Trinajstić information content (AvgIpc) is 2.45. The van der Waals surface area contributed by atoms with Crippen LogP contribution in [-0.2, 0) is 4.74 Å². The van der Waals surface area contributed by atoms with E-state index < -0.39 is 0 Å². The van der Waals surface area contributed by atoms with Gasteiger partial charge in [0.05, 0.1) is 6.10 Å². The molecule has 2 aliphatic heterocycles. The summed E-state index contributed by atoms with van der Waals surface area (Å²) in [5.41, 5.74) is 0. The van der Waals surface area contributed by atoms with E-state index >= 15 is 0 Å². The van der Waals surface area contributed by atoms with Crippen LogP contribution in [0, 0.1) is 0 Å². The topological polar surface area (TPSA) is 15.7 Å². The van der Waals surface area contributed by atoms with Crippen molar-refractivity contribution in [1.82, 2.24) is 9.80 Å². The van der Waals surface area contributed by atoms with Crippen LogP contribution >= 0.6 is 0 Å². The van der Waals surface area contributed by atoms with Crippen LogP contribution < -0.4 is 0 Å². The van der Waals surface area contributed by atoms with Crippen molar-refractivity contribution in [1.29, 1.82) is 0 Å². The highest BCUT2D eigenvalue weighted by molar-refractivity contribution is 4.84. The average molecular weight is 268 g/mol. The van der Waals surface area contributed by atoms with Crippen LogP contribution in [0.3, 0.4) is 0 Å². The summed E-state index contributed by atoms with van der Waals surface area (Å²) < 4.78 is 5.96. The molecule has 0 spiro atoms. The number of hydrogen-bond donors (Lipinski definition) is 0. The second-order valence-electron chi connectivity index (χ2n) is 6.49. The quantitative estimate of drug-likeness (QED) is 0.762. The van der Waals surface area contributed by atoms with Gasteiger partial charge in [-0.2, -0.15) is 0 Å². The minimum absolute atomic E-state index is 0.497. The first kappa shape index (κ1) is 15.3. The molecule has 19 heavy (non-hydrogen) atoms. The fraction of sp³-hybridized carbons (Fsp3) is 1.00. The van der Waals surface area contributed by atoms with Crippen LogP contribution in [0.1, 0.15) is 52.9 Å². The lowest BCUT2D eigenvalue weighted by Gasteiger charge is -2.43. The molecule has 0 aromatic heterocycles. The predicted molar refractivity (Wildman–Crippen MR) is 80.6 cm³/mol. The summed E-state index contributed by atoms with van der Waals surface area (Å²) >= 11 is 0. The van der Waals surface area contributed by atoms with Crippen LogP contribution in [0.15, 0.2) is 0 Å². The van der Waals surface area contributed by atoms with Gasteiger partial charge in [-0.3, -0.25) is 4.90 Å². The molecule has 2 saturated heterocycles. The Hall–Kier alpha value is -0.120. The highest BCUT2D eigenvalue weighted by atomic mass is 16.5. The third kappa shape index (κ3) is 4.44. The summed E-state index contributed by atoms with van der Waals surface area (Å²) in [5.74, 6) is 0. The van der Waals surface area contributed by atoms with Gasteiger partial charge in [0.1, 0.15) is 0 Å². The van der Waals surface area contributed by atoms with Gasteiger partial charge in [0.25, 0.3) is 0 Å². The first-order valence-corrected chi connectivity index (χ1v) is 8.30. The van der Waals surface area contributed by atoms with Crippen molar-refractivity contribution in [3.05, 3.63) is 0 Å². The van der Waals surface area contributed by atoms with Gasteiger partial charge in [-0.1, -0.05) is 6.92 Å². The Kier molecular flexibility index (Phi) is 6.11. The Morgan fingerprint density at radius 2 is 1.84 bits per heavy atom. The molecule has 1 atom stereocenters. The molecule has 1 unspecified atom stereocenters. The van der Waals surface area contributed by atoms with Crippen LogP contribution in [0.25, 0.3) is 0 Å².